The van der Waals surface area contributed by atoms with E-state index < -0.39 is 4.92 Å². The van der Waals surface area contributed by atoms with E-state index in [1.54, 1.807) is 12.1 Å². The Hall–Kier alpha value is -2.80. The van der Waals surface area contributed by atoms with Crippen molar-refractivity contribution >= 4 is 11.4 Å². The fourth-order valence-corrected chi connectivity index (χ4v) is 2.69. The molecule has 3 rings (SSSR count). The molecule has 0 unspecified atom stereocenters. The Labute approximate surface area is 146 Å². The predicted octanol–water partition coefficient (Wildman–Crippen LogP) is 3.72. The lowest BCUT2D eigenvalue weighted by molar-refractivity contribution is -0.384. The lowest BCUT2D eigenvalue weighted by Gasteiger charge is -2.32. The molecule has 25 heavy (non-hydrogen) atoms. The largest absolute Gasteiger partial charge is 0.295 e. The Bertz CT molecular complexity index is 735. The molecule has 2 aromatic rings. The van der Waals surface area contributed by atoms with E-state index in [-0.39, 0.29) is 5.69 Å². The van der Waals surface area contributed by atoms with Gasteiger partial charge in [-0.25, -0.2) is 0 Å². The summed E-state index contributed by atoms with van der Waals surface area (Å²) in [6, 6.07) is 14.7. The summed E-state index contributed by atoms with van der Waals surface area (Å²) >= 11 is 0. The number of rotatable bonds is 5. The number of piperazine rings is 1. The molecule has 0 aromatic heterocycles. The van der Waals surface area contributed by atoms with Crippen molar-refractivity contribution in [1.29, 1.82) is 0 Å². The first kappa shape index (κ1) is 17.0. The first-order valence-corrected chi connectivity index (χ1v) is 8.29. The van der Waals surface area contributed by atoms with Crippen LogP contribution in [0.3, 0.4) is 0 Å². The van der Waals surface area contributed by atoms with Crippen LogP contribution in [0.25, 0.3) is 0 Å². The quantitative estimate of drug-likeness (QED) is 0.473. The van der Waals surface area contributed by atoms with E-state index in [1.165, 1.54) is 23.3 Å². The summed E-state index contributed by atoms with van der Waals surface area (Å²) in [5, 5.41) is 21.0. The monoisotopic (exact) mass is 339 g/mol. The third kappa shape index (κ3) is 4.84. The van der Waals surface area contributed by atoms with Crippen molar-refractivity contribution < 1.29 is 4.92 Å². The standard InChI is InChI=1S/C18H21N5O2/c1-15-2-4-16(5-3-15)14-21-10-12-22(13-11-21)20-19-17-6-8-18(9-7-17)23(24)25/h2-9H,10-14H2,1H3. The van der Waals surface area contributed by atoms with E-state index in [0.717, 1.165) is 32.7 Å². The maximum Gasteiger partial charge on any atom is 0.269 e. The summed E-state index contributed by atoms with van der Waals surface area (Å²) in [4.78, 5) is 12.6. The van der Waals surface area contributed by atoms with Gasteiger partial charge in [0.2, 0.25) is 0 Å². The second kappa shape index (κ2) is 7.85. The number of hydrogen-bond donors (Lipinski definition) is 0. The van der Waals surface area contributed by atoms with Crippen molar-refractivity contribution in [2.75, 3.05) is 26.2 Å². The van der Waals surface area contributed by atoms with Crippen LogP contribution in [0.2, 0.25) is 0 Å². The van der Waals surface area contributed by atoms with Gasteiger partial charge >= 0.3 is 0 Å². The molecule has 0 spiro atoms. The topological polar surface area (TPSA) is 74.3 Å². The highest BCUT2D eigenvalue weighted by Gasteiger charge is 2.15. The maximum atomic E-state index is 10.6. The molecule has 1 fully saturated rings. The summed E-state index contributed by atoms with van der Waals surface area (Å²) < 4.78 is 0. The Morgan fingerprint density at radius 3 is 2.24 bits per heavy atom. The summed E-state index contributed by atoms with van der Waals surface area (Å²) in [6.07, 6.45) is 0. The summed E-state index contributed by atoms with van der Waals surface area (Å²) in [5.74, 6) is 0. The molecule has 0 bridgehead atoms. The molecule has 7 nitrogen and oxygen atoms in total. The zero-order valence-electron chi connectivity index (χ0n) is 14.2. The van der Waals surface area contributed by atoms with Crippen LogP contribution in [0.15, 0.2) is 58.9 Å². The van der Waals surface area contributed by atoms with Gasteiger partial charge in [-0.05, 0) is 24.6 Å². The Morgan fingerprint density at radius 2 is 1.64 bits per heavy atom. The average Bonchev–Trinajstić information content (AvgIpc) is 2.63. The van der Waals surface area contributed by atoms with Crippen LogP contribution >= 0.6 is 0 Å². The highest BCUT2D eigenvalue weighted by Crippen LogP contribution is 2.19. The zero-order chi connectivity index (χ0) is 17.6. The van der Waals surface area contributed by atoms with Gasteiger partial charge in [-0.1, -0.05) is 35.1 Å². The van der Waals surface area contributed by atoms with Crippen LogP contribution in [0.5, 0.6) is 0 Å². The predicted molar refractivity (Wildman–Crippen MR) is 95.6 cm³/mol. The number of non-ortho nitro benzene ring substituents is 1. The number of aryl methyl sites for hydroxylation is 1. The van der Waals surface area contributed by atoms with Gasteiger partial charge in [0.25, 0.3) is 5.69 Å². The van der Waals surface area contributed by atoms with Gasteiger partial charge in [0.05, 0.1) is 23.7 Å². The zero-order valence-corrected chi connectivity index (χ0v) is 14.2. The van der Waals surface area contributed by atoms with Gasteiger partial charge in [0.15, 0.2) is 0 Å². The summed E-state index contributed by atoms with van der Waals surface area (Å²) in [5.41, 5.74) is 3.28. The number of benzene rings is 2. The van der Waals surface area contributed by atoms with Gasteiger partial charge in [-0.2, -0.15) is 0 Å². The molecule has 1 heterocycles. The normalized spacial score (nSPS) is 15.6. The van der Waals surface area contributed by atoms with Gasteiger partial charge in [-0.15, -0.1) is 5.11 Å². The smallest absolute Gasteiger partial charge is 0.269 e. The van der Waals surface area contributed by atoms with Crippen LogP contribution in [0.4, 0.5) is 11.4 Å². The van der Waals surface area contributed by atoms with E-state index in [0.29, 0.717) is 5.69 Å². The third-order valence-electron chi connectivity index (χ3n) is 4.22. The van der Waals surface area contributed by atoms with E-state index in [9.17, 15) is 10.1 Å². The van der Waals surface area contributed by atoms with Gasteiger partial charge in [0.1, 0.15) is 0 Å². The van der Waals surface area contributed by atoms with Gasteiger partial charge in [0, 0.05) is 31.8 Å². The number of hydrogen-bond acceptors (Lipinski definition) is 5. The van der Waals surface area contributed by atoms with Gasteiger partial charge < -0.3 is 0 Å². The highest BCUT2D eigenvalue weighted by atomic mass is 16.6. The van der Waals surface area contributed by atoms with E-state index >= 15 is 0 Å². The van der Waals surface area contributed by atoms with E-state index in [1.807, 2.05) is 5.01 Å². The highest BCUT2D eigenvalue weighted by molar-refractivity contribution is 5.43. The molecular weight excluding hydrogens is 318 g/mol. The van der Waals surface area contributed by atoms with Crippen molar-refractivity contribution in [3.63, 3.8) is 0 Å². The molecule has 1 aliphatic heterocycles. The fourth-order valence-electron chi connectivity index (χ4n) is 2.69. The molecule has 0 saturated carbocycles. The SMILES string of the molecule is Cc1ccc(CN2CCN(N=Nc3ccc([N+](=O)[O-])cc3)CC2)cc1. The lowest BCUT2D eigenvalue weighted by Crippen LogP contribution is -2.43. The molecular formula is C18H21N5O2. The lowest BCUT2D eigenvalue weighted by atomic mass is 10.1. The molecule has 0 N–H and O–H groups in total. The molecule has 0 radical (unpaired) electrons. The molecule has 130 valence electrons. The minimum Gasteiger partial charge on any atom is -0.295 e. The maximum absolute atomic E-state index is 10.6. The minimum absolute atomic E-state index is 0.0590. The average molecular weight is 339 g/mol. The van der Waals surface area contributed by atoms with E-state index in [4.69, 9.17) is 0 Å². The Morgan fingerprint density at radius 1 is 1.00 bits per heavy atom. The Balaban J connectivity index is 1.48. The van der Waals surface area contributed by atoms with Crippen LogP contribution in [-0.4, -0.2) is 41.0 Å². The minimum atomic E-state index is -0.422. The molecule has 0 aliphatic carbocycles. The molecule has 1 saturated heterocycles. The summed E-state index contributed by atoms with van der Waals surface area (Å²) in [6.45, 7) is 6.57. The van der Waals surface area contributed by atoms with Gasteiger partial charge in [-0.3, -0.25) is 20.0 Å². The van der Waals surface area contributed by atoms with Crippen molar-refractivity contribution in [3.05, 3.63) is 69.8 Å². The molecule has 0 amide bonds. The van der Waals surface area contributed by atoms with Crippen molar-refractivity contribution in [3.8, 4) is 0 Å². The number of nitrogens with zero attached hydrogens (tertiary/aromatic N) is 5. The third-order valence-corrected chi connectivity index (χ3v) is 4.22. The van der Waals surface area contributed by atoms with Crippen molar-refractivity contribution in [2.45, 2.75) is 13.5 Å². The number of nitro groups is 1. The Kier molecular flexibility index (Phi) is 5.35. The van der Waals surface area contributed by atoms with Crippen molar-refractivity contribution in [2.24, 2.45) is 10.3 Å². The van der Waals surface area contributed by atoms with E-state index in [2.05, 4.69) is 46.4 Å². The van der Waals surface area contributed by atoms with Crippen LogP contribution < -0.4 is 0 Å². The van der Waals surface area contributed by atoms with Crippen LogP contribution in [0.1, 0.15) is 11.1 Å². The second-order valence-corrected chi connectivity index (χ2v) is 6.18. The second-order valence-electron chi connectivity index (χ2n) is 6.18. The first-order valence-electron chi connectivity index (χ1n) is 8.29. The summed E-state index contributed by atoms with van der Waals surface area (Å²) in [7, 11) is 0. The first-order chi connectivity index (χ1) is 12.1. The van der Waals surface area contributed by atoms with Crippen molar-refractivity contribution in [1.82, 2.24) is 9.91 Å². The number of nitro benzene ring substituents is 1. The molecule has 0 atom stereocenters. The molecule has 1 aliphatic rings. The van der Waals surface area contributed by atoms with Crippen LogP contribution in [0, 0.1) is 17.0 Å². The fraction of sp³-hybridized carbons (Fsp3) is 0.333. The van der Waals surface area contributed by atoms with Crippen LogP contribution in [-0.2, 0) is 6.54 Å². The molecule has 2 aromatic carbocycles. The molecule has 7 heteroatoms.